The van der Waals surface area contributed by atoms with Crippen LogP contribution in [-0.2, 0) is 0 Å². The predicted molar refractivity (Wildman–Crippen MR) is 79.6 cm³/mol. The normalized spacial score (nSPS) is 12.0. The van der Waals surface area contributed by atoms with Gasteiger partial charge in [0.2, 0.25) is 5.82 Å². The smallest absolute Gasteiger partial charge is 0.311 e. The van der Waals surface area contributed by atoms with Crippen LogP contribution in [0.15, 0.2) is 12.1 Å². The van der Waals surface area contributed by atoms with Gasteiger partial charge < -0.3 is 10.3 Å². The molecule has 0 aliphatic heterocycles. The van der Waals surface area contributed by atoms with E-state index in [0.717, 1.165) is 12.2 Å². The van der Waals surface area contributed by atoms with Gasteiger partial charge in [-0.1, -0.05) is 0 Å². The van der Waals surface area contributed by atoms with Crippen LogP contribution in [0.25, 0.3) is 0 Å². The van der Waals surface area contributed by atoms with Crippen LogP contribution >= 0.6 is 11.8 Å². The van der Waals surface area contributed by atoms with Crippen molar-refractivity contribution < 1.29 is 4.92 Å². The number of nitro groups is 1. The van der Waals surface area contributed by atoms with Crippen LogP contribution in [0.3, 0.4) is 0 Å². The molecular weight excluding hydrogens is 266 g/mol. The molecule has 1 aromatic heterocycles. The van der Waals surface area contributed by atoms with Crippen LogP contribution in [0.4, 0.5) is 17.3 Å². The summed E-state index contributed by atoms with van der Waals surface area (Å²) in [4.78, 5) is 16.6. The first kappa shape index (κ1) is 15.5. The van der Waals surface area contributed by atoms with Crippen molar-refractivity contribution in [3.63, 3.8) is 0 Å². The van der Waals surface area contributed by atoms with E-state index in [1.165, 1.54) is 12.1 Å². The van der Waals surface area contributed by atoms with Gasteiger partial charge in [-0.3, -0.25) is 10.1 Å². The molecule has 3 N–H and O–H groups in total. The maximum atomic E-state index is 11.0. The molecule has 1 aromatic rings. The van der Waals surface area contributed by atoms with Gasteiger partial charge >= 0.3 is 5.69 Å². The van der Waals surface area contributed by atoms with Crippen molar-refractivity contribution in [1.29, 1.82) is 0 Å². The number of hydrazine groups is 1. The molecule has 106 valence electrons. The molecule has 0 radical (unpaired) electrons. The predicted octanol–water partition coefficient (Wildman–Crippen LogP) is 1.85. The minimum atomic E-state index is -0.430. The average Bonchev–Trinajstić information content (AvgIpc) is 2.42. The summed E-state index contributed by atoms with van der Waals surface area (Å²) < 4.78 is 0. The zero-order valence-corrected chi connectivity index (χ0v) is 12.1. The lowest BCUT2D eigenvalue weighted by molar-refractivity contribution is -0.384. The first-order chi connectivity index (χ1) is 9.01. The molecule has 7 nitrogen and oxygen atoms in total. The topological polar surface area (TPSA) is 97.3 Å². The third-order valence-electron chi connectivity index (χ3n) is 2.93. The summed E-state index contributed by atoms with van der Waals surface area (Å²) in [6.07, 6.45) is 2.96. The van der Waals surface area contributed by atoms with Gasteiger partial charge in [-0.2, -0.15) is 11.8 Å². The Hall–Kier alpha value is -1.54. The Kier molecular flexibility index (Phi) is 5.84. The molecule has 8 heteroatoms. The fourth-order valence-electron chi connectivity index (χ4n) is 1.61. The third-order valence-corrected chi connectivity index (χ3v) is 3.58. The highest BCUT2D eigenvalue weighted by molar-refractivity contribution is 7.98. The summed E-state index contributed by atoms with van der Waals surface area (Å²) in [6, 6.07) is 3.06. The number of pyridine rings is 1. The number of hydrogen-bond donors (Lipinski definition) is 2. The highest BCUT2D eigenvalue weighted by atomic mass is 32.2. The van der Waals surface area contributed by atoms with Crippen LogP contribution in [0.1, 0.15) is 13.3 Å². The lowest BCUT2D eigenvalue weighted by atomic mass is 10.2. The summed E-state index contributed by atoms with van der Waals surface area (Å²) in [5.41, 5.74) is 2.39. The maximum Gasteiger partial charge on any atom is 0.311 e. The number of thioether (sulfide) groups is 1. The van der Waals surface area contributed by atoms with Gasteiger partial charge in [0.25, 0.3) is 0 Å². The zero-order chi connectivity index (χ0) is 14.4. The van der Waals surface area contributed by atoms with Crippen LogP contribution in [0.2, 0.25) is 0 Å². The Morgan fingerprint density at radius 3 is 2.84 bits per heavy atom. The number of hydrogen-bond acceptors (Lipinski definition) is 7. The van der Waals surface area contributed by atoms with E-state index in [0.29, 0.717) is 11.6 Å². The second-order valence-corrected chi connectivity index (χ2v) is 5.17. The van der Waals surface area contributed by atoms with Crippen LogP contribution in [0, 0.1) is 10.1 Å². The van der Waals surface area contributed by atoms with E-state index in [-0.39, 0.29) is 11.7 Å². The Morgan fingerprint density at radius 1 is 1.63 bits per heavy atom. The maximum absolute atomic E-state index is 11.0. The molecule has 0 aromatic carbocycles. The second-order valence-electron chi connectivity index (χ2n) is 4.18. The van der Waals surface area contributed by atoms with Gasteiger partial charge in [-0.25, -0.2) is 10.8 Å². The largest absolute Gasteiger partial charge is 0.351 e. The number of nitrogens with two attached hydrogens (primary N) is 1. The van der Waals surface area contributed by atoms with Gasteiger partial charge in [0.05, 0.1) is 4.92 Å². The van der Waals surface area contributed by atoms with Gasteiger partial charge in [0.15, 0.2) is 0 Å². The molecule has 1 rings (SSSR count). The molecule has 0 aliphatic rings. The lowest BCUT2D eigenvalue weighted by Crippen LogP contribution is -2.31. The molecule has 0 saturated heterocycles. The first-order valence-electron chi connectivity index (χ1n) is 5.85. The van der Waals surface area contributed by atoms with E-state index >= 15 is 0 Å². The van der Waals surface area contributed by atoms with E-state index in [9.17, 15) is 10.1 Å². The number of aromatic nitrogens is 1. The van der Waals surface area contributed by atoms with Crippen molar-refractivity contribution in [2.24, 2.45) is 5.84 Å². The first-order valence-corrected chi connectivity index (χ1v) is 7.24. The summed E-state index contributed by atoms with van der Waals surface area (Å²) in [7, 11) is 1.81. The molecule has 0 bridgehead atoms. The fourth-order valence-corrected chi connectivity index (χ4v) is 2.19. The molecule has 0 saturated carbocycles. The number of nitrogens with one attached hydrogen (secondary N) is 1. The van der Waals surface area contributed by atoms with Crippen molar-refractivity contribution >= 4 is 29.1 Å². The van der Waals surface area contributed by atoms with E-state index in [1.54, 1.807) is 18.8 Å². The second kappa shape index (κ2) is 7.15. The summed E-state index contributed by atoms with van der Waals surface area (Å²) >= 11 is 1.75. The lowest BCUT2D eigenvalue weighted by Gasteiger charge is -2.25. The number of rotatable bonds is 7. The number of nitrogen functional groups attached to an aromatic ring is 1. The van der Waals surface area contributed by atoms with Crippen molar-refractivity contribution in [3.8, 4) is 0 Å². The molecule has 0 fully saturated rings. The standard InChI is InChI=1S/C11H19N5O2S/c1-8(6-7-19-3)15(2)11-9(16(17)18)4-5-10(13-11)14-12/h4-5,8H,6-7,12H2,1-3H3,(H,13,14). The average molecular weight is 285 g/mol. The van der Waals surface area contributed by atoms with Crippen LogP contribution in [0.5, 0.6) is 0 Å². The molecule has 0 amide bonds. The minimum absolute atomic E-state index is 0.0162. The SMILES string of the molecule is CSCCC(C)N(C)c1nc(NN)ccc1[N+](=O)[O-]. The molecule has 19 heavy (non-hydrogen) atoms. The quantitative estimate of drug-likeness (QED) is 0.448. The van der Waals surface area contributed by atoms with Gasteiger partial charge in [0.1, 0.15) is 5.82 Å². The molecule has 0 aliphatic carbocycles. The molecule has 1 heterocycles. The van der Waals surface area contributed by atoms with Gasteiger partial charge in [-0.15, -0.1) is 0 Å². The Morgan fingerprint density at radius 2 is 2.32 bits per heavy atom. The van der Waals surface area contributed by atoms with Crippen molar-refractivity contribution in [2.45, 2.75) is 19.4 Å². The van der Waals surface area contributed by atoms with Crippen molar-refractivity contribution in [1.82, 2.24) is 4.98 Å². The molecule has 1 atom stereocenters. The molecule has 0 spiro atoms. The monoisotopic (exact) mass is 285 g/mol. The number of nitrogens with zero attached hydrogens (tertiary/aromatic N) is 3. The minimum Gasteiger partial charge on any atom is -0.351 e. The zero-order valence-electron chi connectivity index (χ0n) is 11.3. The molecular formula is C11H19N5O2S. The molecule has 1 unspecified atom stereocenters. The third kappa shape index (κ3) is 3.97. The Bertz CT molecular complexity index is 443. The Balaban J connectivity index is 3.04. The summed E-state index contributed by atoms with van der Waals surface area (Å²) in [5, 5.41) is 11.0. The van der Waals surface area contributed by atoms with E-state index in [1.807, 2.05) is 18.1 Å². The van der Waals surface area contributed by atoms with Crippen LogP contribution < -0.4 is 16.2 Å². The van der Waals surface area contributed by atoms with Crippen LogP contribution in [-0.4, -0.2) is 35.0 Å². The van der Waals surface area contributed by atoms with Crippen molar-refractivity contribution in [3.05, 3.63) is 22.2 Å². The summed E-state index contributed by atoms with van der Waals surface area (Å²) in [6.45, 7) is 2.02. The van der Waals surface area contributed by atoms with Gasteiger partial charge in [0, 0.05) is 19.2 Å². The van der Waals surface area contributed by atoms with E-state index in [2.05, 4.69) is 10.4 Å². The highest BCUT2D eigenvalue weighted by Crippen LogP contribution is 2.28. The number of anilines is 2. The van der Waals surface area contributed by atoms with Crippen molar-refractivity contribution in [2.75, 3.05) is 29.4 Å². The highest BCUT2D eigenvalue weighted by Gasteiger charge is 2.22. The fraction of sp³-hybridized carbons (Fsp3) is 0.545. The summed E-state index contributed by atoms with van der Waals surface area (Å²) in [5.74, 6) is 7.03. The van der Waals surface area contributed by atoms with E-state index < -0.39 is 4.92 Å². The van der Waals surface area contributed by atoms with E-state index in [4.69, 9.17) is 5.84 Å². The van der Waals surface area contributed by atoms with Gasteiger partial charge in [-0.05, 0) is 31.4 Å². The Labute approximate surface area is 116 Å².